The molecule has 88 valence electrons. The van der Waals surface area contributed by atoms with Crippen molar-refractivity contribution in [2.45, 2.75) is 13.0 Å². The minimum Gasteiger partial charge on any atom is -0.489 e. The van der Waals surface area contributed by atoms with Gasteiger partial charge in [-0.3, -0.25) is 4.79 Å². The van der Waals surface area contributed by atoms with Crippen LogP contribution >= 0.6 is 0 Å². The second kappa shape index (κ2) is 5.16. The van der Waals surface area contributed by atoms with E-state index in [9.17, 15) is 4.79 Å². The number of ether oxygens (including phenoxy) is 1. The van der Waals surface area contributed by atoms with Crippen molar-refractivity contribution in [3.63, 3.8) is 0 Å². The van der Waals surface area contributed by atoms with E-state index in [-0.39, 0.29) is 6.42 Å². The molecule has 0 saturated heterocycles. The van der Waals surface area contributed by atoms with Gasteiger partial charge in [-0.15, -0.1) is 0 Å². The van der Waals surface area contributed by atoms with Crippen molar-refractivity contribution in [2.24, 2.45) is 0 Å². The number of carbonyl (C=O) groups is 1. The van der Waals surface area contributed by atoms with Crippen molar-refractivity contribution in [3.05, 3.63) is 47.9 Å². The molecule has 5 heteroatoms. The molecular weight excluding hydrogens is 222 g/mol. The largest absolute Gasteiger partial charge is 0.489 e. The standard InChI is InChI=1S/C12H11NO4/c14-12(15)5-9-2-1-3-11(4-9)16-7-10-6-13-17-8-10/h1-4,6,8H,5,7H2,(H,14,15). The van der Waals surface area contributed by atoms with Crippen molar-refractivity contribution in [1.82, 2.24) is 5.16 Å². The third kappa shape index (κ3) is 3.34. The van der Waals surface area contributed by atoms with E-state index < -0.39 is 5.97 Å². The first kappa shape index (κ1) is 11.2. The van der Waals surface area contributed by atoms with Gasteiger partial charge in [-0.2, -0.15) is 0 Å². The molecule has 1 N–H and O–H groups in total. The van der Waals surface area contributed by atoms with Gasteiger partial charge in [0.2, 0.25) is 0 Å². The van der Waals surface area contributed by atoms with E-state index in [0.717, 1.165) is 5.56 Å². The molecule has 5 nitrogen and oxygen atoms in total. The van der Waals surface area contributed by atoms with Gasteiger partial charge in [0, 0.05) is 5.56 Å². The molecule has 0 amide bonds. The number of carboxylic acids is 1. The van der Waals surface area contributed by atoms with Crippen molar-refractivity contribution in [2.75, 3.05) is 0 Å². The van der Waals surface area contributed by atoms with E-state index in [1.165, 1.54) is 6.26 Å². The Balaban J connectivity index is 1.98. The maximum Gasteiger partial charge on any atom is 0.307 e. The average Bonchev–Trinajstić information content (AvgIpc) is 2.79. The van der Waals surface area contributed by atoms with Crippen LogP contribution in [-0.4, -0.2) is 16.2 Å². The maximum absolute atomic E-state index is 10.6. The monoisotopic (exact) mass is 233 g/mol. The highest BCUT2D eigenvalue weighted by atomic mass is 16.5. The minimum absolute atomic E-state index is 0.00946. The molecule has 0 radical (unpaired) electrons. The number of rotatable bonds is 5. The van der Waals surface area contributed by atoms with Crippen molar-refractivity contribution < 1.29 is 19.2 Å². The van der Waals surface area contributed by atoms with Crippen LogP contribution in [-0.2, 0) is 17.8 Å². The summed E-state index contributed by atoms with van der Waals surface area (Å²) in [5, 5.41) is 12.2. The van der Waals surface area contributed by atoms with Crippen LogP contribution in [0.15, 0.2) is 41.2 Å². The summed E-state index contributed by atoms with van der Waals surface area (Å²) < 4.78 is 10.2. The highest BCUT2D eigenvalue weighted by Crippen LogP contribution is 2.15. The third-order valence-corrected chi connectivity index (χ3v) is 2.14. The molecule has 0 aliphatic heterocycles. The molecule has 17 heavy (non-hydrogen) atoms. The van der Waals surface area contributed by atoms with Crippen LogP contribution in [0.3, 0.4) is 0 Å². The lowest BCUT2D eigenvalue weighted by molar-refractivity contribution is -0.136. The number of aromatic nitrogens is 1. The summed E-state index contributed by atoms with van der Waals surface area (Å²) in [5.41, 5.74) is 1.54. The highest BCUT2D eigenvalue weighted by Gasteiger charge is 2.03. The van der Waals surface area contributed by atoms with Gasteiger partial charge in [0.15, 0.2) is 0 Å². The summed E-state index contributed by atoms with van der Waals surface area (Å²) >= 11 is 0. The summed E-state index contributed by atoms with van der Waals surface area (Å²) in [5.74, 6) is -0.230. The lowest BCUT2D eigenvalue weighted by atomic mass is 10.1. The van der Waals surface area contributed by atoms with Gasteiger partial charge in [-0.1, -0.05) is 17.3 Å². The molecule has 0 aliphatic carbocycles. The number of hydrogen-bond acceptors (Lipinski definition) is 4. The molecule has 1 heterocycles. The summed E-state index contributed by atoms with van der Waals surface area (Å²) in [6.07, 6.45) is 3.06. The third-order valence-electron chi connectivity index (χ3n) is 2.14. The zero-order valence-electron chi connectivity index (χ0n) is 9.00. The first-order chi connectivity index (χ1) is 8.24. The topological polar surface area (TPSA) is 72.6 Å². The molecule has 1 aromatic heterocycles. The lowest BCUT2D eigenvalue weighted by Crippen LogP contribution is -2.00. The Morgan fingerprint density at radius 3 is 3.00 bits per heavy atom. The molecule has 2 aromatic rings. The van der Waals surface area contributed by atoms with Crippen LogP contribution in [0.2, 0.25) is 0 Å². The van der Waals surface area contributed by atoms with Crippen LogP contribution < -0.4 is 4.74 Å². The Morgan fingerprint density at radius 2 is 2.29 bits per heavy atom. The SMILES string of the molecule is O=C(O)Cc1cccc(OCc2cnoc2)c1. The number of aliphatic carboxylic acids is 1. The van der Waals surface area contributed by atoms with Crippen molar-refractivity contribution >= 4 is 5.97 Å². The highest BCUT2D eigenvalue weighted by molar-refractivity contribution is 5.70. The fourth-order valence-corrected chi connectivity index (χ4v) is 1.38. The molecule has 0 atom stereocenters. The van der Waals surface area contributed by atoms with Gasteiger partial charge in [0.05, 0.1) is 12.6 Å². The molecule has 0 saturated carbocycles. The molecule has 2 rings (SSSR count). The smallest absolute Gasteiger partial charge is 0.307 e. The minimum atomic E-state index is -0.860. The second-order valence-electron chi connectivity index (χ2n) is 3.54. The summed E-state index contributed by atoms with van der Waals surface area (Å²) in [6.45, 7) is 0.347. The van der Waals surface area contributed by atoms with E-state index in [1.54, 1.807) is 30.5 Å². The Labute approximate surface area is 97.6 Å². The van der Waals surface area contributed by atoms with Gasteiger partial charge in [0.1, 0.15) is 18.6 Å². The molecule has 0 spiro atoms. The van der Waals surface area contributed by atoms with E-state index in [1.807, 2.05) is 0 Å². The van der Waals surface area contributed by atoms with Gasteiger partial charge < -0.3 is 14.4 Å². The van der Waals surface area contributed by atoms with Crippen LogP contribution in [0.25, 0.3) is 0 Å². The first-order valence-electron chi connectivity index (χ1n) is 5.06. The molecule has 0 aliphatic rings. The zero-order chi connectivity index (χ0) is 12.1. The van der Waals surface area contributed by atoms with Gasteiger partial charge in [-0.05, 0) is 17.7 Å². The zero-order valence-corrected chi connectivity index (χ0v) is 9.00. The quantitative estimate of drug-likeness (QED) is 0.853. The van der Waals surface area contributed by atoms with E-state index in [2.05, 4.69) is 9.68 Å². The van der Waals surface area contributed by atoms with Crippen LogP contribution in [0.4, 0.5) is 0 Å². The Morgan fingerprint density at radius 1 is 1.41 bits per heavy atom. The van der Waals surface area contributed by atoms with E-state index in [4.69, 9.17) is 9.84 Å². The Bertz CT molecular complexity index is 493. The second-order valence-corrected chi connectivity index (χ2v) is 3.54. The first-order valence-corrected chi connectivity index (χ1v) is 5.06. The number of benzene rings is 1. The average molecular weight is 233 g/mol. The van der Waals surface area contributed by atoms with Gasteiger partial charge in [0.25, 0.3) is 0 Å². The van der Waals surface area contributed by atoms with Crippen LogP contribution in [0, 0.1) is 0 Å². The normalized spacial score (nSPS) is 10.1. The van der Waals surface area contributed by atoms with Crippen molar-refractivity contribution in [1.29, 1.82) is 0 Å². The Kier molecular flexibility index (Phi) is 3.40. The van der Waals surface area contributed by atoms with Crippen LogP contribution in [0.5, 0.6) is 5.75 Å². The predicted octanol–water partition coefficient (Wildman–Crippen LogP) is 1.88. The number of nitrogens with zero attached hydrogens (tertiary/aromatic N) is 1. The summed E-state index contributed by atoms with van der Waals surface area (Å²) in [7, 11) is 0. The van der Waals surface area contributed by atoms with Crippen molar-refractivity contribution in [3.8, 4) is 5.75 Å². The molecule has 1 aromatic carbocycles. The van der Waals surface area contributed by atoms with Gasteiger partial charge >= 0.3 is 5.97 Å². The number of hydrogen-bond donors (Lipinski definition) is 1. The van der Waals surface area contributed by atoms with E-state index >= 15 is 0 Å². The maximum atomic E-state index is 10.6. The molecule has 0 bridgehead atoms. The van der Waals surface area contributed by atoms with E-state index in [0.29, 0.717) is 17.9 Å². The fourth-order valence-electron chi connectivity index (χ4n) is 1.38. The number of carboxylic acid groups (broad SMARTS) is 1. The molecular formula is C12H11NO4. The van der Waals surface area contributed by atoms with Crippen LogP contribution in [0.1, 0.15) is 11.1 Å². The summed E-state index contributed by atoms with van der Waals surface area (Å²) in [6, 6.07) is 7.00. The lowest BCUT2D eigenvalue weighted by Gasteiger charge is -2.05. The molecule has 0 unspecified atom stereocenters. The fraction of sp³-hybridized carbons (Fsp3) is 0.167. The summed E-state index contributed by atoms with van der Waals surface area (Å²) in [4.78, 5) is 10.6. The predicted molar refractivity (Wildman–Crippen MR) is 58.6 cm³/mol. The van der Waals surface area contributed by atoms with Gasteiger partial charge in [-0.25, -0.2) is 0 Å². The Hall–Kier alpha value is -2.30. The molecule has 0 fully saturated rings.